The molecular weight excluding hydrogens is 216 g/mol. The van der Waals surface area contributed by atoms with Crippen LogP contribution in [-0.2, 0) is 6.54 Å². The molecule has 0 aliphatic carbocycles. The van der Waals surface area contributed by atoms with Crippen LogP contribution >= 0.6 is 0 Å². The predicted molar refractivity (Wildman–Crippen MR) is 71.5 cm³/mol. The molecule has 0 saturated carbocycles. The lowest BCUT2D eigenvalue weighted by molar-refractivity contribution is 0.615. The summed E-state index contributed by atoms with van der Waals surface area (Å²) in [7, 11) is 3.57. The monoisotopic (exact) mass is 234 g/mol. The molecule has 0 spiro atoms. The van der Waals surface area contributed by atoms with Crippen LogP contribution in [-0.4, -0.2) is 30.9 Å². The molecule has 0 radical (unpaired) electrons. The first-order chi connectivity index (χ1) is 7.99. The lowest BCUT2D eigenvalue weighted by Gasteiger charge is -2.09. The summed E-state index contributed by atoms with van der Waals surface area (Å²) in [4.78, 5) is 9.70. The molecule has 0 aliphatic rings. The summed E-state index contributed by atoms with van der Waals surface area (Å²) in [5.41, 5.74) is 18.5. The SMILES string of the molecule is CN(C)C(N)=NC(N)=NCc1ccc(N)cc1. The van der Waals surface area contributed by atoms with Crippen molar-refractivity contribution in [2.75, 3.05) is 19.8 Å². The summed E-state index contributed by atoms with van der Waals surface area (Å²) in [5, 5.41) is 0. The number of nitrogen functional groups attached to an aromatic ring is 1. The van der Waals surface area contributed by atoms with Gasteiger partial charge in [-0.3, -0.25) is 0 Å². The molecule has 6 N–H and O–H groups in total. The Hall–Kier alpha value is -2.24. The Kier molecular flexibility index (Phi) is 4.33. The van der Waals surface area contributed by atoms with Crippen molar-refractivity contribution < 1.29 is 0 Å². The third-order valence-electron chi connectivity index (χ3n) is 2.09. The highest BCUT2D eigenvalue weighted by molar-refractivity contribution is 5.93. The van der Waals surface area contributed by atoms with Crippen molar-refractivity contribution in [3.05, 3.63) is 29.8 Å². The van der Waals surface area contributed by atoms with Crippen LogP contribution in [0.2, 0.25) is 0 Å². The van der Waals surface area contributed by atoms with E-state index in [1.54, 1.807) is 19.0 Å². The minimum absolute atomic E-state index is 0.160. The second-order valence-corrected chi connectivity index (χ2v) is 3.78. The highest BCUT2D eigenvalue weighted by atomic mass is 15.2. The van der Waals surface area contributed by atoms with Gasteiger partial charge in [-0.1, -0.05) is 12.1 Å². The molecule has 0 unspecified atom stereocenters. The van der Waals surface area contributed by atoms with Gasteiger partial charge in [0, 0.05) is 19.8 Å². The van der Waals surface area contributed by atoms with Gasteiger partial charge in [0.15, 0.2) is 5.96 Å². The topological polar surface area (TPSA) is 106 Å². The van der Waals surface area contributed by atoms with Gasteiger partial charge in [-0.25, -0.2) is 4.99 Å². The van der Waals surface area contributed by atoms with Crippen LogP contribution in [0.25, 0.3) is 0 Å². The molecule has 17 heavy (non-hydrogen) atoms. The molecule has 6 nitrogen and oxygen atoms in total. The summed E-state index contributed by atoms with van der Waals surface area (Å²) < 4.78 is 0. The minimum atomic E-state index is 0.160. The predicted octanol–water partition coefficient (Wildman–Crippen LogP) is -0.0402. The fraction of sp³-hybridized carbons (Fsp3) is 0.273. The first kappa shape index (κ1) is 12.8. The first-order valence-corrected chi connectivity index (χ1v) is 5.15. The highest BCUT2D eigenvalue weighted by Crippen LogP contribution is 2.06. The van der Waals surface area contributed by atoms with E-state index >= 15 is 0 Å². The van der Waals surface area contributed by atoms with Crippen molar-refractivity contribution in [3.8, 4) is 0 Å². The summed E-state index contributed by atoms with van der Waals surface area (Å²) in [6.45, 7) is 0.455. The second-order valence-electron chi connectivity index (χ2n) is 3.78. The van der Waals surface area contributed by atoms with Crippen LogP contribution < -0.4 is 17.2 Å². The number of anilines is 1. The molecule has 0 aromatic heterocycles. The van der Waals surface area contributed by atoms with Crippen molar-refractivity contribution >= 4 is 17.6 Å². The number of benzene rings is 1. The van der Waals surface area contributed by atoms with Gasteiger partial charge >= 0.3 is 0 Å². The Balaban J connectivity index is 2.65. The third-order valence-corrected chi connectivity index (χ3v) is 2.09. The summed E-state index contributed by atoms with van der Waals surface area (Å²) >= 11 is 0. The quantitative estimate of drug-likeness (QED) is 0.379. The van der Waals surface area contributed by atoms with Crippen molar-refractivity contribution in [3.63, 3.8) is 0 Å². The lowest BCUT2D eigenvalue weighted by atomic mass is 10.2. The zero-order valence-electron chi connectivity index (χ0n) is 10.1. The van der Waals surface area contributed by atoms with E-state index in [2.05, 4.69) is 9.98 Å². The van der Waals surface area contributed by atoms with Gasteiger partial charge in [0.2, 0.25) is 5.96 Å². The van der Waals surface area contributed by atoms with Gasteiger partial charge in [0.05, 0.1) is 6.54 Å². The number of rotatable bonds is 2. The summed E-state index contributed by atoms with van der Waals surface area (Å²) in [6, 6.07) is 7.42. The van der Waals surface area contributed by atoms with Crippen molar-refractivity contribution in [2.24, 2.45) is 21.5 Å². The number of nitrogens with zero attached hydrogens (tertiary/aromatic N) is 3. The Morgan fingerprint density at radius 1 is 1.18 bits per heavy atom. The van der Waals surface area contributed by atoms with E-state index in [9.17, 15) is 0 Å². The smallest absolute Gasteiger partial charge is 0.218 e. The molecule has 1 aromatic rings. The van der Waals surface area contributed by atoms with Gasteiger partial charge in [-0.2, -0.15) is 4.99 Å². The van der Waals surface area contributed by atoms with Crippen LogP contribution in [0.1, 0.15) is 5.56 Å². The molecule has 1 rings (SSSR count). The average Bonchev–Trinajstić information content (AvgIpc) is 2.28. The maximum atomic E-state index is 5.62. The third kappa shape index (κ3) is 4.42. The molecule has 0 saturated heterocycles. The van der Waals surface area contributed by atoms with Gasteiger partial charge in [-0.05, 0) is 17.7 Å². The fourth-order valence-electron chi connectivity index (χ4n) is 1.05. The maximum Gasteiger partial charge on any atom is 0.218 e. The van der Waals surface area contributed by atoms with Gasteiger partial charge in [0.25, 0.3) is 0 Å². The van der Waals surface area contributed by atoms with Crippen molar-refractivity contribution in [1.29, 1.82) is 0 Å². The van der Waals surface area contributed by atoms with Crippen molar-refractivity contribution in [1.82, 2.24) is 4.90 Å². The first-order valence-electron chi connectivity index (χ1n) is 5.15. The van der Waals surface area contributed by atoms with E-state index in [0.717, 1.165) is 11.3 Å². The highest BCUT2D eigenvalue weighted by Gasteiger charge is 1.96. The number of guanidine groups is 2. The second kappa shape index (κ2) is 5.74. The molecule has 92 valence electrons. The van der Waals surface area contributed by atoms with Crippen LogP contribution in [0.5, 0.6) is 0 Å². The summed E-state index contributed by atoms with van der Waals surface area (Å²) in [6.07, 6.45) is 0. The van der Waals surface area contributed by atoms with Crippen LogP contribution in [0.4, 0.5) is 5.69 Å². The van der Waals surface area contributed by atoms with Crippen LogP contribution in [0, 0.1) is 0 Å². The van der Waals surface area contributed by atoms with E-state index in [0.29, 0.717) is 12.5 Å². The molecule has 0 bridgehead atoms. The molecule has 0 atom stereocenters. The maximum absolute atomic E-state index is 5.62. The Labute approximate surface area is 101 Å². The zero-order valence-corrected chi connectivity index (χ0v) is 10.1. The molecule has 0 heterocycles. The Morgan fingerprint density at radius 2 is 1.76 bits per heavy atom. The minimum Gasteiger partial charge on any atom is -0.399 e. The normalized spacial score (nSPS) is 12.6. The van der Waals surface area contributed by atoms with E-state index in [-0.39, 0.29) is 5.96 Å². The van der Waals surface area contributed by atoms with E-state index in [4.69, 9.17) is 17.2 Å². The molecule has 0 aliphatic heterocycles. The average molecular weight is 234 g/mol. The molecule has 6 heteroatoms. The van der Waals surface area contributed by atoms with Crippen LogP contribution in [0.3, 0.4) is 0 Å². The van der Waals surface area contributed by atoms with Gasteiger partial charge in [-0.15, -0.1) is 0 Å². The van der Waals surface area contributed by atoms with E-state index in [1.165, 1.54) is 0 Å². The van der Waals surface area contributed by atoms with Gasteiger partial charge in [0.1, 0.15) is 0 Å². The van der Waals surface area contributed by atoms with E-state index < -0.39 is 0 Å². The van der Waals surface area contributed by atoms with E-state index in [1.807, 2.05) is 24.3 Å². The number of nitrogens with two attached hydrogens (primary N) is 3. The Morgan fingerprint density at radius 3 is 2.29 bits per heavy atom. The van der Waals surface area contributed by atoms with Crippen LogP contribution in [0.15, 0.2) is 34.3 Å². The van der Waals surface area contributed by atoms with Crippen molar-refractivity contribution in [2.45, 2.75) is 6.54 Å². The molecule has 0 fully saturated rings. The molecule has 1 aromatic carbocycles. The number of aliphatic imine (C=N–C) groups is 2. The summed E-state index contributed by atoms with van der Waals surface area (Å²) in [5.74, 6) is 0.483. The fourth-order valence-corrected chi connectivity index (χ4v) is 1.05. The molecule has 0 amide bonds. The zero-order chi connectivity index (χ0) is 12.8. The standard InChI is InChI=1S/C11H18N6/c1-17(2)11(14)16-10(13)15-7-8-3-5-9(12)6-4-8/h3-6H,7,12H2,1-2H3,(H4,13,14,15,16). The number of hydrogen-bond donors (Lipinski definition) is 3. The number of hydrogen-bond acceptors (Lipinski definition) is 2. The largest absolute Gasteiger partial charge is 0.399 e. The van der Waals surface area contributed by atoms with Gasteiger partial charge < -0.3 is 22.1 Å². The lowest BCUT2D eigenvalue weighted by Crippen LogP contribution is -2.32. The molecular formula is C11H18N6. The Bertz CT molecular complexity index is 418.